The zero-order chi connectivity index (χ0) is 14.7. The highest BCUT2D eigenvalue weighted by Gasteiger charge is 2.20. The van der Waals surface area contributed by atoms with E-state index in [0.717, 1.165) is 31.2 Å². The Labute approximate surface area is 124 Å². The molecule has 5 nitrogen and oxygen atoms in total. The Kier molecular flexibility index (Phi) is 4.10. The molecule has 0 bridgehead atoms. The SMILES string of the molecule is NC1CCCC(CNC(=O)c2cccc3nccnc23)C1. The number of para-hydroxylation sites is 1. The molecule has 0 aliphatic heterocycles. The first-order chi connectivity index (χ1) is 10.2. The van der Waals surface area contributed by atoms with Crippen LogP contribution in [0.5, 0.6) is 0 Å². The minimum absolute atomic E-state index is 0.0831. The van der Waals surface area contributed by atoms with Crippen molar-refractivity contribution in [3.8, 4) is 0 Å². The third-order valence-corrected chi connectivity index (χ3v) is 4.12. The summed E-state index contributed by atoms with van der Waals surface area (Å²) >= 11 is 0. The van der Waals surface area contributed by atoms with E-state index >= 15 is 0 Å². The van der Waals surface area contributed by atoms with E-state index in [9.17, 15) is 4.79 Å². The van der Waals surface area contributed by atoms with E-state index in [1.807, 2.05) is 12.1 Å². The number of aromatic nitrogens is 2. The van der Waals surface area contributed by atoms with Gasteiger partial charge in [-0.1, -0.05) is 12.5 Å². The monoisotopic (exact) mass is 284 g/mol. The summed E-state index contributed by atoms with van der Waals surface area (Å²) in [5.74, 6) is 0.402. The molecule has 110 valence electrons. The Morgan fingerprint density at radius 3 is 3.00 bits per heavy atom. The lowest BCUT2D eigenvalue weighted by atomic mass is 9.86. The highest BCUT2D eigenvalue weighted by molar-refractivity contribution is 6.04. The molecule has 3 N–H and O–H groups in total. The van der Waals surface area contributed by atoms with E-state index in [1.54, 1.807) is 18.5 Å². The summed E-state index contributed by atoms with van der Waals surface area (Å²) < 4.78 is 0. The minimum atomic E-state index is -0.0831. The van der Waals surface area contributed by atoms with E-state index in [0.29, 0.717) is 23.5 Å². The van der Waals surface area contributed by atoms with Gasteiger partial charge in [0.25, 0.3) is 5.91 Å². The maximum absolute atomic E-state index is 12.4. The maximum atomic E-state index is 12.4. The predicted octanol–water partition coefficient (Wildman–Crippen LogP) is 1.88. The standard InChI is InChI=1S/C16H20N4O/c17-12-4-1-3-11(9-12)10-20-16(21)13-5-2-6-14-15(13)19-8-7-18-14/h2,5-8,11-12H,1,3-4,9-10,17H2,(H,20,21). The molecule has 0 spiro atoms. The Morgan fingerprint density at radius 1 is 1.29 bits per heavy atom. The van der Waals surface area contributed by atoms with Gasteiger partial charge in [0.2, 0.25) is 0 Å². The Balaban J connectivity index is 1.69. The molecule has 1 aromatic heterocycles. The fraction of sp³-hybridized carbons (Fsp3) is 0.438. The molecular weight excluding hydrogens is 264 g/mol. The van der Waals surface area contributed by atoms with Crippen LogP contribution in [0.25, 0.3) is 11.0 Å². The van der Waals surface area contributed by atoms with E-state index < -0.39 is 0 Å². The zero-order valence-electron chi connectivity index (χ0n) is 12.0. The molecular formula is C16H20N4O. The van der Waals surface area contributed by atoms with Crippen LogP contribution in [0.4, 0.5) is 0 Å². The van der Waals surface area contributed by atoms with E-state index in [4.69, 9.17) is 5.73 Å². The van der Waals surface area contributed by atoms with Crippen molar-refractivity contribution in [2.75, 3.05) is 6.54 Å². The molecule has 0 radical (unpaired) electrons. The smallest absolute Gasteiger partial charge is 0.253 e. The molecule has 2 aromatic rings. The van der Waals surface area contributed by atoms with Crippen LogP contribution in [-0.4, -0.2) is 28.5 Å². The van der Waals surface area contributed by atoms with Crippen LogP contribution in [0, 0.1) is 5.92 Å². The molecule has 5 heteroatoms. The number of amides is 1. The van der Waals surface area contributed by atoms with Crippen LogP contribution in [0.15, 0.2) is 30.6 Å². The van der Waals surface area contributed by atoms with Gasteiger partial charge < -0.3 is 11.1 Å². The summed E-state index contributed by atoms with van der Waals surface area (Å²) in [4.78, 5) is 20.9. The number of nitrogens with zero attached hydrogens (tertiary/aromatic N) is 2. The quantitative estimate of drug-likeness (QED) is 0.901. The summed E-state index contributed by atoms with van der Waals surface area (Å²) in [6, 6.07) is 5.77. The Bertz CT molecular complexity index is 638. The van der Waals surface area contributed by atoms with Crippen molar-refractivity contribution < 1.29 is 4.79 Å². The van der Waals surface area contributed by atoms with Crippen molar-refractivity contribution in [2.45, 2.75) is 31.7 Å². The van der Waals surface area contributed by atoms with Gasteiger partial charge in [0, 0.05) is 25.0 Å². The normalized spacial score (nSPS) is 22.1. The number of hydrogen-bond donors (Lipinski definition) is 2. The lowest BCUT2D eigenvalue weighted by molar-refractivity contribution is 0.0944. The fourth-order valence-electron chi connectivity index (χ4n) is 3.03. The van der Waals surface area contributed by atoms with Crippen molar-refractivity contribution in [3.05, 3.63) is 36.2 Å². The average Bonchev–Trinajstić information content (AvgIpc) is 2.52. The highest BCUT2D eigenvalue weighted by atomic mass is 16.1. The molecule has 2 unspecified atom stereocenters. The zero-order valence-corrected chi connectivity index (χ0v) is 12.0. The topological polar surface area (TPSA) is 80.9 Å². The Morgan fingerprint density at radius 2 is 2.14 bits per heavy atom. The van der Waals surface area contributed by atoms with Crippen molar-refractivity contribution in [1.29, 1.82) is 0 Å². The number of benzene rings is 1. The summed E-state index contributed by atoms with van der Waals surface area (Å²) in [6.07, 6.45) is 7.64. The highest BCUT2D eigenvalue weighted by Crippen LogP contribution is 2.22. The van der Waals surface area contributed by atoms with E-state index in [-0.39, 0.29) is 11.9 Å². The second-order valence-corrected chi connectivity index (χ2v) is 5.73. The largest absolute Gasteiger partial charge is 0.352 e. The summed E-state index contributed by atoms with van der Waals surface area (Å²) in [5, 5.41) is 3.02. The van der Waals surface area contributed by atoms with Crippen LogP contribution in [-0.2, 0) is 0 Å². The van der Waals surface area contributed by atoms with Crippen LogP contribution in [0.2, 0.25) is 0 Å². The second-order valence-electron chi connectivity index (χ2n) is 5.73. The minimum Gasteiger partial charge on any atom is -0.352 e. The first kappa shape index (κ1) is 13.9. The number of carbonyl (C=O) groups is 1. The van der Waals surface area contributed by atoms with Crippen LogP contribution in [0.1, 0.15) is 36.0 Å². The fourth-order valence-corrected chi connectivity index (χ4v) is 3.03. The molecule has 0 saturated heterocycles. The van der Waals surface area contributed by atoms with Gasteiger partial charge >= 0.3 is 0 Å². The van der Waals surface area contributed by atoms with E-state index in [1.165, 1.54) is 0 Å². The van der Waals surface area contributed by atoms with Crippen molar-refractivity contribution in [1.82, 2.24) is 15.3 Å². The van der Waals surface area contributed by atoms with Gasteiger partial charge in [-0.25, -0.2) is 0 Å². The second kappa shape index (κ2) is 6.18. The molecule has 21 heavy (non-hydrogen) atoms. The molecule has 1 aliphatic carbocycles. The third kappa shape index (κ3) is 3.19. The van der Waals surface area contributed by atoms with Gasteiger partial charge in [0.05, 0.1) is 11.1 Å². The average molecular weight is 284 g/mol. The molecule has 2 atom stereocenters. The lowest BCUT2D eigenvalue weighted by Gasteiger charge is -2.26. The van der Waals surface area contributed by atoms with Crippen molar-refractivity contribution in [2.24, 2.45) is 11.7 Å². The van der Waals surface area contributed by atoms with Crippen LogP contribution < -0.4 is 11.1 Å². The van der Waals surface area contributed by atoms with Gasteiger partial charge in [0.15, 0.2) is 0 Å². The number of rotatable bonds is 3. The number of nitrogens with two attached hydrogens (primary N) is 1. The number of fused-ring (bicyclic) bond motifs is 1. The van der Waals surface area contributed by atoms with Crippen molar-refractivity contribution in [3.63, 3.8) is 0 Å². The predicted molar refractivity (Wildman–Crippen MR) is 81.8 cm³/mol. The molecule has 1 aromatic carbocycles. The van der Waals surface area contributed by atoms with Crippen LogP contribution in [0.3, 0.4) is 0 Å². The summed E-state index contributed by atoms with van der Waals surface area (Å²) in [5.41, 5.74) is 7.96. The van der Waals surface area contributed by atoms with Crippen molar-refractivity contribution >= 4 is 16.9 Å². The summed E-state index contributed by atoms with van der Waals surface area (Å²) in [6.45, 7) is 0.684. The Hall–Kier alpha value is -2.01. The molecule has 1 amide bonds. The molecule has 1 aliphatic rings. The third-order valence-electron chi connectivity index (χ3n) is 4.12. The number of hydrogen-bond acceptors (Lipinski definition) is 4. The van der Waals surface area contributed by atoms with Gasteiger partial charge in [-0.15, -0.1) is 0 Å². The van der Waals surface area contributed by atoms with Gasteiger partial charge in [-0.05, 0) is 37.3 Å². The van der Waals surface area contributed by atoms with Gasteiger partial charge in [-0.2, -0.15) is 0 Å². The van der Waals surface area contributed by atoms with Gasteiger partial charge in [-0.3, -0.25) is 14.8 Å². The lowest BCUT2D eigenvalue weighted by Crippen LogP contribution is -2.35. The molecule has 3 rings (SSSR count). The number of carbonyl (C=O) groups excluding carboxylic acids is 1. The first-order valence-electron chi connectivity index (χ1n) is 7.47. The molecule has 1 saturated carbocycles. The van der Waals surface area contributed by atoms with Crippen LogP contribution >= 0.6 is 0 Å². The van der Waals surface area contributed by atoms with E-state index in [2.05, 4.69) is 15.3 Å². The van der Waals surface area contributed by atoms with Gasteiger partial charge in [0.1, 0.15) is 5.52 Å². The summed E-state index contributed by atoms with van der Waals surface area (Å²) in [7, 11) is 0. The molecule has 1 fully saturated rings. The maximum Gasteiger partial charge on any atom is 0.253 e. The number of nitrogens with one attached hydrogen (secondary N) is 1. The first-order valence-corrected chi connectivity index (χ1v) is 7.47. The molecule has 1 heterocycles.